The fraction of sp³-hybridized carbons (Fsp3) is 0.588. The summed E-state index contributed by atoms with van der Waals surface area (Å²) in [7, 11) is 1.75. The normalized spacial score (nSPS) is 25.8. The third kappa shape index (κ3) is 3.36. The Balaban J connectivity index is 2.11. The molecule has 6 heteroatoms. The fourth-order valence-electron chi connectivity index (χ4n) is 3.19. The van der Waals surface area contributed by atoms with Crippen LogP contribution in [0.15, 0.2) is 18.2 Å². The van der Waals surface area contributed by atoms with Crippen molar-refractivity contribution in [1.82, 2.24) is 4.90 Å². The summed E-state index contributed by atoms with van der Waals surface area (Å²) in [5, 5.41) is 1.10. The summed E-state index contributed by atoms with van der Waals surface area (Å²) in [5.74, 6) is -0.0884. The van der Waals surface area contributed by atoms with Gasteiger partial charge in [0, 0.05) is 42.1 Å². The number of hydrogen-bond acceptors (Lipinski definition) is 3. The van der Waals surface area contributed by atoms with E-state index in [1.165, 1.54) is 0 Å². The van der Waals surface area contributed by atoms with Crippen LogP contribution < -0.4 is 5.73 Å². The molecule has 0 bridgehead atoms. The average Bonchev–Trinajstić information content (AvgIpc) is 2.44. The minimum Gasteiger partial charge on any atom is -0.378 e. The Kier molecular flexibility index (Phi) is 5.31. The topological polar surface area (TPSA) is 55.6 Å². The van der Waals surface area contributed by atoms with E-state index < -0.39 is 11.0 Å². The van der Waals surface area contributed by atoms with Crippen molar-refractivity contribution in [3.05, 3.63) is 33.8 Å². The van der Waals surface area contributed by atoms with Crippen molar-refractivity contribution in [2.45, 2.75) is 45.4 Å². The third-order valence-corrected chi connectivity index (χ3v) is 5.34. The average molecular weight is 359 g/mol. The van der Waals surface area contributed by atoms with Gasteiger partial charge < -0.3 is 15.4 Å². The van der Waals surface area contributed by atoms with E-state index >= 15 is 0 Å². The molecule has 2 unspecified atom stereocenters. The summed E-state index contributed by atoms with van der Waals surface area (Å²) in [4.78, 5) is 14.5. The number of hydrogen-bond donors (Lipinski definition) is 1. The quantitative estimate of drug-likeness (QED) is 0.876. The first kappa shape index (κ1) is 18.5. The maximum absolute atomic E-state index is 12.9. The van der Waals surface area contributed by atoms with Crippen LogP contribution in [0.5, 0.6) is 0 Å². The maximum atomic E-state index is 12.9. The SMILES string of the molecule is CCOC1CC(N)(C(=O)N(C)Cc2cc(Cl)cc(Cl)c2)C1(C)C. The number of amides is 1. The summed E-state index contributed by atoms with van der Waals surface area (Å²) in [6.45, 7) is 6.95. The molecule has 1 fully saturated rings. The van der Waals surface area contributed by atoms with Crippen molar-refractivity contribution >= 4 is 29.1 Å². The van der Waals surface area contributed by atoms with Gasteiger partial charge in [0.15, 0.2) is 0 Å². The summed E-state index contributed by atoms with van der Waals surface area (Å²) >= 11 is 12.0. The molecule has 1 aliphatic rings. The first-order valence-electron chi connectivity index (χ1n) is 7.73. The Morgan fingerprint density at radius 1 is 1.35 bits per heavy atom. The highest BCUT2D eigenvalue weighted by molar-refractivity contribution is 6.34. The smallest absolute Gasteiger partial charge is 0.243 e. The molecule has 1 aromatic rings. The monoisotopic (exact) mass is 358 g/mol. The lowest BCUT2D eigenvalue weighted by atomic mass is 9.54. The van der Waals surface area contributed by atoms with E-state index in [0.717, 1.165) is 5.56 Å². The Morgan fingerprint density at radius 3 is 2.39 bits per heavy atom. The number of ether oxygens (including phenoxy) is 1. The van der Waals surface area contributed by atoms with E-state index in [-0.39, 0.29) is 12.0 Å². The minimum absolute atomic E-state index is 0.00969. The Bertz CT molecular complexity index is 586. The van der Waals surface area contributed by atoms with Crippen molar-refractivity contribution < 1.29 is 9.53 Å². The molecule has 4 nitrogen and oxygen atoms in total. The highest BCUT2D eigenvalue weighted by Gasteiger charge is 2.63. The molecule has 0 spiro atoms. The van der Waals surface area contributed by atoms with Crippen LogP contribution in [0.2, 0.25) is 10.0 Å². The molecule has 128 valence electrons. The number of nitrogens with zero attached hydrogens (tertiary/aromatic N) is 1. The zero-order chi connectivity index (χ0) is 17.4. The molecule has 0 aromatic heterocycles. The van der Waals surface area contributed by atoms with Gasteiger partial charge in [0.2, 0.25) is 5.91 Å². The molecule has 1 aliphatic carbocycles. The van der Waals surface area contributed by atoms with Crippen LogP contribution in [-0.4, -0.2) is 36.1 Å². The Hall–Kier alpha value is -0.810. The van der Waals surface area contributed by atoms with Crippen LogP contribution in [0.3, 0.4) is 0 Å². The number of halogens is 2. The highest BCUT2D eigenvalue weighted by atomic mass is 35.5. The highest BCUT2D eigenvalue weighted by Crippen LogP contribution is 2.50. The summed E-state index contributed by atoms with van der Waals surface area (Å²) in [5.41, 5.74) is 6.00. The van der Waals surface area contributed by atoms with Crippen molar-refractivity contribution in [2.75, 3.05) is 13.7 Å². The molecule has 0 heterocycles. The van der Waals surface area contributed by atoms with E-state index in [0.29, 0.717) is 29.6 Å². The van der Waals surface area contributed by atoms with Crippen LogP contribution in [0.25, 0.3) is 0 Å². The second-order valence-corrected chi connectivity index (χ2v) is 7.65. The van der Waals surface area contributed by atoms with Gasteiger partial charge >= 0.3 is 0 Å². The van der Waals surface area contributed by atoms with Crippen LogP contribution >= 0.6 is 23.2 Å². The van der Waals surface area contributed by atoms with E-state index in [9.17, 15) is 4.79 Å². The lowest BCUT2D eigenvalue weighted by Crippen LogP contribution is -2.75. The molecular weight excluding hydrogens is 335 g/mol. The van der Waals surface area contributed by atoms with E-state index in [2.05, 4.69) is 0 Å². The fourth-order valence-corrected chi connectivity index (χ4v) is 3.76. The predicted molar refractivity (Wildman–Crippen MR) is 93.7 cm³/mol. The molecule has 0 saturated heterocycles. The largest absolute Gasteiger partial charge is 0.378 e. The third-order valence-electron chi connectivity index (χ3n) is 4.90. The van der Waals surface area contributed by atoms with E-state index in [4.69, 9.17) is 33.7 Å². The second kappa shape index (κ2) is 6.60. The summed E-state index contributed by atoms with van der Waals surface area (Å²) in [6.07, 6.45) is 0.545. The van der Waals surface area contributed by atoms with Gasteiger partial charge in [-0.1, -0.05) is 37.0 Å². The molecule has 0 aliphatic heterocycles. The lowest BCUT2D eigenvalue weighted by molar-refractivity contribution is -0.178. The van der Waals surface area contributed by atoms with Gasteiger partial charge in [-0.25, -0.2) is 0 Å². The van der Waals surface area contributed by atoms with Gasteiger partial charge in [0.05, 0.1) is 6.10 Å². The first-order valence-corrected chi connectivity index (χ1v) is 8.48. The zero-order valence-corrected chi connectivity index (χ0v) is 15.5. The summed E-state index contributed by atoms with van der Waals surface area (Å²) in [6, 6.07) is 5.27. The second-order valence-electron chi connectivity index (χ2n) is 6.78. The molecular formula is C17H24Cl2N2O2. The first-order chi connectivity index (χ1) is 10.6. The van der Waals surface area contributed by atoms with E-state index in [1.807, 2.05) is 20.8 Å². The summed E-state index contributed by atoms with van der Waals surface area (Å²) < 4.78 is 5.68. The van der Waals surface area contributed by atoms with Gasteiger partial charge in [-0.3, -0.25) is 4.79 Å². The molecule has 23 heavy (non-hydrogen) atoms. The van der Waals surface area contributed by atoms with Crippen molar-refractivity contribution in [3.63, 3.8) is 0 Å². The predicted octanol–water partition coefficient (Wildman–Crippen LogP) is 3.48. The minimum atomic E-state index is -0.913. The van der Waals surface area contributed by atoms with Gasteiger partial charge in [0.25, 0.3) is 0 Å². The molecule has 2 N–H and O–H groups in total. The molecule has 1 amide bonds. The number of likely N-dealkylation sites (N-methyl/N-ethyl adjacent to an activating group) is 1. The molecule has 2 rings (SSSR count). The Labute approximate surface area is 147 Å². The van der Waals surface area contributed by atoms with Crippen molar-refractivity contribution in [2.24, 2.45) is 11.1 Å². The Morgan fingerprint density at radius 2 is 1.91 bits per heavy atom. The molecule has 1 aromatic carbocycles. The maximum Gasteiger partial charge on any atom is 0.243 e. The number of carbonyl (C=O) groups excluding carboxylic acids is 1. The van der Waals surface area contributed by atoms with Crippen LogP contribution in [0.4, 0.5) is 0 Å². The molecule has 2 atom stereocenters. The van der Waals surface area contributed by atoms with Crippen molar-refractivity contribution in [1.29, 1.82) is 0 Å². The van der Waals surface area contributed by atoms with Crippen LogP contribution in [0.1, 0.15) is 32.8 Å². The number of rotatable bonds is 5. The van der Waals surface area contributed by atoms with Crippen LogP contribution in [0, 0.1) is 5.41 Å². The lowest BCUT2D eigenvalue weighted by Gasteiger charge is -2.58. The standard InChI is InChI=1S/C17H24Cl2N2O2/c1-5-23-14-9-17(20,16(14,2)3)15(22)21(4)10-11-6-12(18)8-13(19)7-11/h6-8,14H,5,9-10,20H2,1-4H3. The molecule has 0 radical (unpaired) electrons. The van der Waals surface area contributed by atoms with Gasteiger partial charge in [-0.05, 0) is 30.7 Å². The van der Waals surface area contributed by atoms with Gasteiger partial charge in [-0.15, -0.1) is 0 Å². The molecule has 1 saturated carbocycles. The van der Waals surface area contributed by atoms with E-state index in [1.54, 1.807) is 30.1 Å². The van der Waals surface area contributed by atoms with Crippen LogP contribution in [-0.2, 0) is 16.1 Å². The van der Waals surface area contributed by atoms with Gasteiger partial charge in [-0.2, -0.15) is 0 Å². The zero-order valence-electron chi connectivity index (χ0n) is 14.0. The number of nitrogens with two attached hydrogens (primary N) is 1. The number of benzene rings is 1. The van der Waals surface area contributed by atoms with Gasteiger partial charge in [0.1, 0.15) is 5.54 Å². The number of carbonyl (C=O) groups is 1. The van der Waals surface area contributed by atoms with Crippen molar-refractivity contribution in [3.8, 4) is 0 Å².